The van der Waals surface area contributed by atoms with Gasteiger partial charge in [0.2, 0.25) is 0 Å². The molecule has 0 aliphatic carbocycles. The number of nitrogens with one attached hydrogen (secondary N) is 2. The van der Waals surface area contributed by atoms with Crippen LogP contribution < -0.4 is 10.6 Å². The molecule has 2 N–H and O–H groups in total. The molecule has 1 aromatic heterocycles. The smallest absolute Gasteiger partial charge is 0.367 e. The van der Waals surface area contributed by atoms with Crippen molar-refractivity contribution in [3.05, 3.63) is 56.9 Å². The lowest BCUT2D eigenvalue weighted by Gasteiger charge is -2.11. The van der Waals surface area contributed by atoms with E-state index >= 15 is 0 Å². The molecule has 0 aliphatic rings. The molecule has 2 rings (SSSR count). The molecule has 0 spiro atoms. The summed E-state index contributed by atoms with van der Waals surface area (Å²) in [5.41, 5.74) is -0.690. The van der Waals surface area contributed by atoms with Crippen molar-refractivity contribution in [1.82, 2.24) is 10.3 Å². The summed E-state index contributed by atoms with van der Waals surface area (Å²) in [7, 11) is 0. The predicted molar refractivity (Wildman–Crippen MR) is 89.2 cm³/mol. The zero-order valence-corrected chi connectivity index (χ0v) is 14.8. The van der Waals surface area contributed by atoms with Gasteiger partial charge in [0.15, 0.2) is 0 Å². The number of amides is 1. The molecule has 1 amide bonds. The third kappa shape index (κ3) is 5.30. The van der Waals surface area contributed by atoms with Crippen molar-refractivity contribution in [3.8, 4) is 0 Å². The van der Waals surface area contributed by atoms with E-state index in [9.17, 15) is 22.4 Å². The number of rotatable bonds is 5. The number of aromatic nitrogens is 1. The zero-order chi connectivity index (χ0) is 18.6. The number of pyridine rings is 1. The Bertz CT molecular complexity index is 786. The van der Waals surface area contributed by atoms with Gasteiger partial charge in [0.1, 0.15) is 11.6 Å². The minimum absolute atomic E-state index is 0.0758. The van der Waals surface area contributed by atoms with Gasteiger partial charge in [0, 0.05) is 23.8 Å². The first-order valence-electron chi connectivity index (χ1n) is 6.88. The maximum Gasteiger partial charge on any atom is 0.417 e. The Morgan fingerprint density at radius 2 is 1.96 bits per heavy atom. The number of hydrogen-bond acceptors (Lipinski definition) is 3. The first-order valence-corrected chi connectivity index (χ1v) is 8.05. The third-order valence-corrected chi connectivity index (χ3v) is 3.99. The van der Waals surface area contributed by atoms with Crippen molar-refractivity contribution in [2.75, 3.05) is 18.4 Å². The van der Waals surface area contributed by atoms with Gasteiger partial charge in [0.25, 0.3) is 5.91 Å². The standard InChI is InChI=1S/C15H11BrClF4N3O/c16-11-6-9(18)1-2-10(11)14(25)23-4-3-22-13-12(17)5-8(7-24-13)15(19,20)21/h1-2,5-7H,3-4H2,(H,22,24)(H,23,25). The van der Waals surface area contributed by atoms with Gasteiger partial charge < -0.3 is 10.6 Å². The van der Waals surface area contributed by atoms with Crippen LogP contribution in [-0.4, -0.2) is 24.0 Å². The quantitative estimate of drug-likeness (QED) is 0.532. The molecule has 0 fully saturated rings. The van der Waals surface area contributed by atoms with Gasteiger partial charge in [-0.2, -0.15) is 13.2 Å². The summed E-state index contributed by atoms with van der Waals surface area (Å²) < 4.78 is 50.9. The van der Waals surface area contributed by atoms with Crippen LogP contribution >= 0.6 is 27.5 Å². The van der Waals surface area contributed by atoms with Crippen molar-refractivity contribution in [2.24, 2.45) is 0 Å². The van der Waals surface area contributed by atoms with Crippen molar-refractivity contribution in [3.63, 3.8) is 0 Å². The largest absolute Gasteiger partial charge is 0.417 e. The van der Waals surface area contributed by atoms with Crippen molar-refractivity contribution < 1.29 is 22.4 Å². The van der Waals surface area contributed by atoms with E-state index in [4.69, 9.17) is 11.6 Å². The van der Waals surface area contributed by atoms with E-state index in [1.165, 1.54) is 12.1 Å². The zero-order valence-electron chi connectivity index (χ0n) is 12.4. The Kier molecular flexibility index (Phi) is 6.23. The van der Waals surface area contributed by atoms with E-state index in [2.05, 4.69) is 31.5 Å². The third-order valence-electron chi connectivity index (χ3n) is 3.05. The van der Waals surface area contributed by atoms with E-state index in [1.807, 2.05) is 0 Å². The number of halogens is 6. The summed E-state index contributed by atoms with van der Waals surface area (Å²) in [5, 5.41) is 5.13. The van der Waals surface area contributed by atoms with Gasteiger partial charge in [0.05, 0.1) is 16.1 Å². The second-order valence-electron chi connectivity index (χ2n) is 4.86. The van der Waals surface area contributed by atoms with E-state index < -0.39 is 23.5 Å². The minimum Gasteiger partial charge on any atom is -0.367 e. The summed E-state index contributed by atoms with van der Waals surface area (Å²) in [6.45, 7) is 0.338. The average molecular weight is 441 g/mol. The fraction of sp³-hybridized carbons (Fsp3) is 0.200. The highest BCUT2D eigenvalue weighted by Crippen LogP contribution is 2.32. The van der Waals surface area contributed by atoms with Gasteiger partial charge in [-0.25, -0.2) is 9.37 Å². The summed E-state index contributed by atoms with van der Waals surface area (Å²) in [6.07, 6.45) is -3.85. The highest BCUT2D eigenvalue weighted by molar-refractivity contribution is 9.10. The lowest BCUT2D eigenvalue weighted by atomic mass is 10.2. The molecule has 0 radical (unpaired) electrons. The van der Waals surface area contributed by atoms with Crippen LogP contribution in [0.5, 0.6) is 0 Å². The number of carbonyl (C=O) groups excluding carboxylic acids is 1. The molecule has 0 saturated carbocycles. The first-order chi connectivity index (χ1) is 11.7. The Morgan fingerprint density at radius 1 is 1.24 bits per heavy atom. The Hall–Kier alpha value is -1.87. The van der Waals surface area contributed by atoms with Gasteiger partial charge in [-0.1, -0.05) is 11.6 Å². The number of anilines is 1. The Labute approximate surface area is 153 Å². The molecule has 0 unspecified atom stereocenters. The summed E-state index contributed by atoms with van der Waals surface area (Å²) in [5.74, 6) is -0.833. The molecule has 0 atom stereocenters. The van der Waals surface area contributed by atoms with E-state index in [1.54, 1.807) is 0 Å². The monoisotopic (exact) mass is 439 g/mol. The highest BCUT2D eigenvalue weighted by Gasteiger charge is 2.31. The summed E-state index contributed by atoms with van der Waals surface area (Å²) >= 11 is 8.84. The second kappa shape index (κ2) is 8.01. The SMILES string of the molecule is O=C(NCCNc1ncc(C(F)(F)F)cc1Cl)c1ccc(F)cc1Br. The normalized spacial score (nSPS) is 11.3. The van der Waals surface area contributed by atoms with Crippen LogP contribution in [-0.2, 0) is 6.18 Å². The number of hydrogen-bond donors (Lipinski definition) is 2. The predicted octanol–water partition coefficient (Wildman–Crippen LogP) is 4.50. The lowest BCUT2D eigenvalue weighted by Crippen LogP contribution is -2.29. The number of benzene rings is 1. The second-order valence-corrected chi connectivity index (χ2v) is 6.12. The molecule has 0 bridgehead atoms. The van der Waals surface area contributed by atoms with E-state index in [0.717, 1.165) is 12.1 Å². The lowest BCUT2D eigenvalue weighted by molar-refractivity contribution is -0.137. The van der Waals surface area contributed by atoms with Crippen LogP contribution in [0, 0.1) is 5.82 Å². The molecule has 1 heterocycles. The van der Waals surface area contributed by atoms with Crippen molar-refractivity contribution >= 4 is 39.3 Å². The first kappa shape index (κ1) is 19.5. The maximum atomic E-state index is 13.0. The van der Waals surface area contributed by atoms with E-state index in [0.29, 0.717) is 10.7 Å². The van der Waals surface area contributed by atoms with E-state index in [-0.39, 0.29) is 29.5 Å². The van der Waals surface area contributed by atoms with Gasteiger partial charge >= 0.3 is 6.18 Å². The summed E-state index contributed by atoms with van der Waals surface area (Å²) in [6, 6.07) is 4.42. The van der Waals surface area contributed by atoms with Gasteiger partial charge in [-0.3, -0.25) is 4.79 Å². The van der Waals surface area contributed by atoms with Crippen LogP contribution in [0.1, 0.15) is 15.9 Å². The molecule has 4 nitrogen and oxygen atoms in total. The maximum absolute atomic E-state index is 13.0. The van der Waals surface area contributed by atoms with Crippen LogP contribution in [0.2, 0.25) is 5.02 Å². The molecule has 25 heavy (non-hydrogen) atoms. The van der Waals surface area contributed by atoms with Crippen LogP contribution in [0.4, 0.5) is 23.4 Å². The van der Waals surface area contributed by atoms with Crippen LogP contribution in [0.3, 0.4) is 0 Å². The van der Waals surface area contributed by atoms with Gasteiger partial charge in [-0.05, 0) is 40.2 Å². The number of nitrogens with zero attached hydrogens (tertiary/aromatic N) is 1. The average Bonchev–Trinajstić information content (AvgIpc) is 2.51. The minimum atomic E-state index is -4.52. The fourth-order valence-corrected chi connectivity index (χ4v) is 2.61. The van der Waals surface area contributed by atoms with Crippen molar-refractivity contribution in [1.29, 1.82) is 0 Å². The summed E-state index contributed by atoms with van der Waals surface area (Å²) in [4.78, 5) is 15.6. The van der Waals surface area contributed by atoms with Crippen LogP contribution in [0.25, 0.3) is 0 Å². The molecular formula is C15H11BrClF4N3O. The molecule has 0 aliphatic heterocycles. The Balaban J connectivity index is 1.88. The number of alkyl halides is 3. The molecule has 1 aromatic carbocycles. The van der Waals surface area contributed by atoms with Crippen LogP contribution in [0.15, 0.2) is 34.9 Å². The molecular weight excluding hydrogens is 430 g/mol. The fourth-order valence-electron chi connectivity index (χ4n) is 1.85. The molecule has 10 heteroatoms. The topological polar surface area (TPSA) is 54.0 Å². The van der Waals surface area contributed by atoms with Gasteiger partial charge in [-0.15, -0.1) is 0 Å². The molecule has 134 valence electrons. The number of carbonyl (C=O) groups is 1. The molecule has 0 saturated heterocycles. The molecule has 2 aromatic rings. The van der Waals surface area contributed by atoms with Crippen molar-refractivity contribution in [2.45, 2.75) is 6.18 Å². The highest BCUT2D eigenvalue weighted by atomic mass is 79.9. The Morgan fingerprint density at radius 3 is 2.56 bits per heavy atom.